The highest BCUT2D eigenvalue weighted by atomic mass is 32.2. The van der Waals surface area contributed by atoms with E-state index in [1.165, 1.54) is 0 Å². The van der Waals surface area contributed by atoms with Crippen molar-refractivity contribution in [3.05, 3.63) is 74.0 Å². The van der Waals surface area contributed by atoms with E-state index in [1.54, 1.807) is 6.26 Å². The van der Waals surface area contributed by atoms with E-state index in [9.17, 15) is 14.1 Å². The van der Waals surface area contributed by atoms with Gasteiger partial charge in [-0.15, -0.1) is 0 Å². The summed E-state index contributed by atoms with van der Waals surface area (Å²) >= 11 is 0.998. The molecule has 0 aliphatic rings. The molecule has 0 saturated carbocycles. The van der Waals surface area contributed by atoms with Gasteiger partial charge in [0.1, 0.15) is 5.52 Å². The van der Waals surface area contributed by atoms with Crippen LogP contribution >= 0.6 is 11.3 Å². The molecule has 0 aliphatic heterocycles. The summed E-state index contributed by atoms with van der Waals surface area (Å²) in [6.07, 6.45) is 2.64. The molecule has 27 heavy (non-hydrogen) atoms. The normalized spacial score (nSPS) is 12.5. The van der Waals surface area contributed by atoms with E-state index < -0.39 is 10.8 Å². The van der Waals surface area contributed by atoms with E-state index in [0.717, 1.165) is 32.9 Å². The van der Waals surface area contributed by atoms with E-state index >= 15 is 0 Å². The second-order valence-corrected chi connectivity index (χ2v) is 8.59. The number of oxazole rings is 1. The summed E-state index contributed by atoms with van der Waals surface area (Å²) < 4.78 is 17.3. The first kappa shape index (κ1) is 17.7. The molecule has 2 aromatic carbocycles. The summed E-state index contributed by atoms with van der Waals surface area (Å²) in [6.45, 7) is 0. The van der Waals surface area contributed by atoms with Gasteiger partial charge in [0.15, 0.2) is 11.5 Å². The Kier molecular flexibility index (Phi) is 4.67. The molecule has 0 bridgehead atoms. The zero-order chi connectivity index (χ0) is 19.0. The summed E-state index contributed by atoms with van der Waals surface area (Å²) in [4.78, 5) is 19.3. The van der Waals surface area contributed by atoms with Gasteiger partial charge in [0.25, 0.3) is 0 Å². The Labute approximate surface area is 161 Å². The van der Waals surface area contributed by atoms with E-state index in [4.69, 9.17) is 4.42 Å². The van der Waals surface area contributed by atoms with Crippen LogP contribution in [-0.2, 0) is 23.6 Å². The molecule has 138 valence electrons. The van der Waals surface area contributed by atoms with E-state index in [2.05, 4.69) is 9.97 Å². The zero-order valence-electron chi connectivity index (χ0n) is 14.4. The first-order chi connectivity index (χ1) is 13.0. The summed E-state index contributed by atoms with van der Waals surface area (Å²) in [5.74, 6) is 0.518. The van der Waals surface area contributed by atoms with Gasteiger partial charge in [0.05, 0.1) is 4.88 Å². The van der Waals surface area contributed by atoms with E-state index in [0.29, 0.717) is 29.2 Å². The third-order valence-corrected chi connectivity index (χ3v) is 5.98. The second kappa shape index (κ2) is 7.13. The fourth-order valence-electron chi connectivity index (χ4n) is 2.84. The Balaban J connectivity index is 1.56. The van der Waals surface area contributed by atoms with Crippen molar-refractivity contribution in [1.82, 2.24) is 9.97 Å². The van der Waals surface area contributed by atoms with Crippen LogP contribution < -0.4 is 4.87 Å². The number of fused-ring (bicyclic) bond motifs is 1. The van der Waals surface area contributed by atoms with Gasteiger partial charge in [-0.1, -0.05) is 29.5 Å². The van der Waals surface area contributed by atoms with Gasteiger partial charge < -0.3 is 9.52 Å². The predicted octanol–water partition coefficient (Wildman–Crippen LogP) is 3.20. The number of H-pyrrole nitrogens is 1. The Morgan fingerprint density at radius 1 is 1.15 bits per heavy atom. The molecular weight excluding hydrogens is 384 g/mol. The van der Waals surface area contributed by atoms with Crippen LogP contribution in [0.1, 0.15) is 21.9 Å². The highest BCUT2D eigenvalue weighted by molar-refractivity contribution is 7.84. The lowest BCUT2D eigenvalue weighted by molar-refractivity contribution is 0.451. The molecule has 6 nitrogen and oxygen atoms in total. The van der Waals surface area contributed by atoms with Crippen molar-refractivity contribution in [1.29, 1.82) is 0 Å². The zero-order valence-corrected chi connectivity index (χ0v) is 16.0. The van der Waals surface area contributed by atoms with Gasteiger partial charge >= 0.3 is 4.87 Å². The third-order valence-electron chi connectivity index (χ3n) is 4.17. The Bertz CT molecular complexity index is 1190. The molecule has 0 amide bonds. The molecular formula is C19H16N2O4S2. The number of nitrogens with zero attached hydrogens (tertiary/aromatic N) is 1. The monoisotopic (exact) mass is 400 g/mol. The molecule has 2 N–H and O–H groups in total. The molecule has 0 saturated heterocycles. The van der Waals surface area contributed by atoms with Crippen LogP contribution in [0.5, 0.6) is 5.88 Å². The van der Waals surface area contributed by atoms with Crippen LogP contribution in [0.25, 0.3) is 11.1 Å². The summed E-state index contributed by atoms with van der Waals surface area (Å²) in [5.41, 5.74) is 3.38. The van der Waals surface area contributed by atoms with Crippen LogP contribution in [0.3, 0.4) is 0 Å². The minimum absolute atomic E-state index is 0.0811. The average Bonchev–Trinajstić information content (AvgIpc) is 3.17. The molecule has 0 spiro atoms. The lowest BCUT2D eigenvalue weighted by Crippen LogP contribution is -1.91. The first-order valence-corrected chi connectivity index (χ1v) is 10.6. The predicted molar refractivity (Wildman–Crippen MR) is 105 cm³/mol. The van der Waals surface area contributed by atoms with Gasteiger partial charge in [0, 0.05) is 34.8 Å². The maximum atomic E-state index is 11.5. The standard InChI is InChI=1S/C19H16N2O4S2/c1-27(24)13-5-2-11(3-6-13)10-17-20-14-8-12(4-7-15(14)25-17)9-16-18(22)21-19(23)26-16/h2-8,22H,9-10H2,1H3,(H,21,23). The minimum Gasteiger partial charge on any atom is -0.494 e. The quantitative estimate of drug-likeness (QED) is 0.536. The van der Waals surface area contributed by atoms with Crippen molar-refractivity contribution < 1.29 is 13.7 Å². The number of thiazole rings is 1. The van der Waals surface area contributed by atoms with Crippen molar-refractivity contribution >= 4 is 33.2 Å². The van der Waals surface area contributed by atoms with Crippen LogP contribution in [0.4, 0.5) is 0 Å². The number of nitrogens with one attached hydrogen (secondary N) is 1. The number of aromatic amines is 1. The van der Waals surface area contributed by atoms with E-state index in [1.807, 2.05) is 42.5 Å². The molecule has 2 aromatic heterocycles. The van der Waals surface area contributed by atoms with Crippen molar-refractivity contribution in [2.24, 2.45) is 0 Å². The van der Waals surface area contributed by atoms with Crippen LogP contribution in [0.2, 0.25) is 0 Å². The molecule has 1 unspecified atom stereocenters. The van der Waals surface area contributed by atoms with Gasteiger partial charge in [0.2, 0.25) is 5.88 Å². The number of aromatic nitrogens is 2. The second-order valence-electron chi connectivity index (χ2n) is 6.15. The lowest BCUT2D eigenvalue weighted by atomic mass is 10.1. The highest BCUT2D eigenvalue weighted by Gasteiger charge is 2.11. The highest BCUT2D eigenvalue weighted by Crippen LogP contribution is 2.24. The minimum atomic E-state index is -0.994. The SMILES string of the molecule is CS(=O)c1ccc(Cc2nc3cc(Cc4sc(=O)[nH]c4O)ccc3o2)cc1. The molecule has 2 heterocycles. The first-order valence-electron chi connectivity index (χ1n) is 8.19. The van der Waals surface area contributed by atoms with Gasteiger partial charge in [-0.25, -0.2) is 4.98 Å². The maximum Gasteiger partial charge on any atom is 0.307 e. The Morgan fingerprint density at radius 3 is 2.56 bits per heavy atom. The summed E-state index contributed by atoms with van der Waals surface area (Å²) in [7, 11) is -0.994. The molecule has 4 aromatic rings. The topological polar surface area (TPSA) is 96.2 Å². The number of benzene rings is 2. The average molecular weight is 400 g/mol. The Hall–Kier alpha value is -2.71. The number of hydrogen-bond acceptors (Lipinski definition) is 6. The number of hydrogen-bond donors (Lipinski definition) is 2. The molecule has 0 fully saturated rings. The molecule has 1 atom stereocenters. The van der Waals surface area contributed by atoms with Gasteiger partial charge in [-0.05, 0) is 35.4 Å². The molecule has 8 heteroatoms. The van der Waals surface area contributed by atoms with Gasteiger partial charge in [-0.2, -0.15) is 0 Å². The number of rotatable bonds is 5. The summed E-state index contributed by atoms with van der Waals surface area (Å²) in [5, 5.41) is 9.73. The van der Waals surface area contributed by atoms with Crippen LogP contribution in [0, 0.1) is 0 Å². The van der Waals surface area contributed by atoms with Crippen LogP contribution in [0.15, 0.2) is 56.6 Å². The number of aromatic hydroxyl groups is 1. The molecule has 0 aliphatic carbocycles. The van der Waals surface area contributed by atoms with Gasteiger partial charge in [-0.3, -0.25) is 14.0 Å². The van der Waals surface area contributed by atoms with Crippen molar-refractivity contribution in [3.8, 4) is 5.88 Å². The largest absolute Gasteiger partial charge is 0.494 e. The van der Waals surface area contributed by atoms with Crippen LogP contribution in [-0.4, -0.2) is 25.5 Å². The van der Waals surface area contributed by atoms with Crippen molar-refractivity contribution in [3.63, 3.8) is 0 Å². The smallest absolute Gasteiger partial charge is 0.307 e. The van der Waals surface area contributed by atoms with Crippen molar-refractivity contribution in [2.45, 2.75) is 17.7 Å². The lowest BCUT2D eigenvalue weighted by Gasteiger charge is -1.99. The molecule has 0 radical (unpaired) electrons. The fourth-order valence-corrected chi connectivity index (χ4v) is 4.11. The fraction of sp³-hybridized carbons (Fsp3) is 0.158. The summed E-state index contributed by atoms with van der Waals surface area (Å²) in [6, 6.07) is 13.2. The Morgan fingerprint density at radius 2 is 1.89 bits per heavy atom. The maximum absolute atomic E-state index is 11.5. The molecule has 4 rings (SSSR count). The van der Waals surface area contributed by atoms with E-state index in [-0.39, 0.29) is 10.8 Å². The third kappa shape index (κ3) is 3.86. The van der Waals surface area contributed by atoms with Crippen molar-refractivity contribution in [2.75, 3.05) is 6.26 Å².